The van der Waals surface area contributed by atoms with Crippen LogP contribution in [0.3, 0.4) is 0 Å². The second kappa shape index (κ2) is 11.1. The van der Waals surface area contributed by atoms with Crippen LogP contribution < -0.4 is 24.6 Å². The van der Waals surface area contributed by atoms with Gasteiger partial charge in [-0.25, -0.2) is 4.90 Å². The van der Waals surface area contributed by atoms with E-state index in [0.717, 1.165) is 22.5 Å². The number of aryl methyl sites for hydroxylation is 1. The molecule has 42 heavy (non-hydrogen) atoms. The summed E-state index contributed by atoms with van der Waals surface area (Å²) in [6.45, 7) is 1.67. The number of methoxy groups -OCH3 is 2. The largest absolute Gasteiger partial charge is 0.497 e. The Bertz CT molecular complexity index is 1750. The molecule has 6 rings (SSSR count). The first-order chi connectivity index (χ1) is 20.3. The Morgan fingerprint density at radius 2 is 1.52 bits per heavy atom. The topological polar surface area (TPSA) is 107 Å². The Kier molecular flexibility index (Phi) is 7.38. The van der Waals surface area contributed by atoms with Crippen molar-refractivity contribution in [2.75, 3.05) is 24.4 Å². The lowest BCUT2D eigenvalue weighted by atomic mass is 9.83. The fourth-order valence-corrected chi connectivity index (χ4v) is 8.23. The molecule has 0 unspecified atom stereocenters. The van der Waals surface area contributed by atoms with Crippen molar-refractivity contribution in [3.8, 4) is 11.5 Å². The van der Waals surface area contributed by atoms with Gasteiger partial charge in [-0.1, -0.05) is 53.4 Å². The first-order valence-electron chi connectivity index (χ1n) is 13.2. The summed E-state index contributed by atoms with van der Waals surface area (Å²) in [4.78, 5) is 55.9. The van der Waals surface area contributed by atoms with Crippen molar-refractivity contribution in [1.82, 2.24) is 4.57 Å². The van der Waals surface area contributed by atoms with E-state index in [1.54, 1.807) is 56.7 Å². The summed E-state index contributed by atoms with van der Waals surface area (Å²) in [5, 5.41) is 2.63. The number of para-hydroxylation sites is 1. The number of ether oxygens (including phenoxy) is 2. The van der Waals surface area contributed by atoms with Crippen LogP contribution in [-0.4, -0.2) is 41.8 Å². The van der Waals surface area contributed by atoms with E-state index in [9.17, 15) is 19.2 Å². The number of carbonyl (C=O) groups excluding carboxylic acids is 3. The fraction of sp³-hybridized carbons (Fsp3) is 0.226. The molecule has 2 aliphatic rings. The molecule has 4 aromatic rings. The highest BCUT2D eigenvalue weighted by Crippen LogP contribution is 2.54. The highest BCUT2D eigenvalue weighted by Gasteiger charge is 2.56. The van der Waals surface area contributed by atoms with Gasteiger partial charge in [-0.05, 0) is 60.5 Å². The van der Waals surface area contributed by atoms with Crippen molar-refractivity contribution in [3.05, 3.63) is 98.5 Å². The van der Waals surface area contributed by atoms with Gasteiger partial charge in [-0.2, -0.15) is 0 Å². The van der Waals surface area contributed by atoms with Crippen molar-refractivity contribution in [3.63, 3.8) is 0 Å². The van der Waals surface area contributed by atoms with Crippen LogP contribution in [0.25, 0.3) is 0 Å². The number of thioether (sulfide) groups is 1. The zero-order chi connectivity index (χ0) is 29.5. The molecule has 1 aromatic heterocycles. The van der Waals surface area contributed by atoms with Gasteiger partial charge in [-0.3, -0.25) is 23.7 Å². The van der Waals surface area contributed by atoms with Gasteiger partial charge in [0.2, 0.25) is 17.7 Å². The van der Waals surface area contributed by atoms with Crippen molar-refractivity contribution < 1.29 is 23.9 Å². The van der Waals surface area contributed by atoms with Crippen molar-refractivity contribution in [2.45, 2.75) is 29.7 Å². The van der Waals surface area contributed by atoms with Crippen LogP contribution >= 0.6 is 23.1 Å². The van der Waals surface area contributed by atoms with Crippen LogP contribution in [0.1, 0.15) is 21.9 Å². The van der Waals surface area contributed by atoms with Crippen LogP contribution in [0.15, 0.2) is 82.6 Å². The number of anilines is 2. The molecule has 9 nitrogen and oxygen atoms in total. The molecular formula is C31H27N3O6S2. The Morgan fingerprint density at radius 3 is 2.17 bits per heavy atom. The number of hydrogen-bond acceptors (Lipinski definition) is 8. The minimum absolute atomic E-state index is 0.219. The number of fused-ring (bicyclic) bond motifs is 2. The second-order valence-corrected chi connectivity index (χ2v) is 12.1. The number of thiazole rings is 1. The number of aromatic nitrogens is 1. The molecule has 3 atom stereocenters. The predicted molar refractivity (Wildman–Crippen MR) is 162 cm³/mol. The summed E-state index contributed by atoms with van der Waals surface area (Å²) in [6, 6.07) is 21.5. The molecule has 1 fully saturated rings. The minimum atomic E-state index is -0.779. The van der Waals surface area contributed by atoms with E-state index in [2.05, 4.69) is 5.32 Å². The molecule has 11 heteroatoms. The summed E-state index contributed by atoms with van der Waals surface area (Å²) >= 11 is 2.19. The molecule has 3 amide bonds. The fourth-order valence-electron chi connectivity index (χ4n) is 5.46. The number of hydrogen-bond donors (Lipinski definition) is 1. The molecule has 0 saturated carbocycles. The van der Waals surface area contributed by atoms with E-state index < -0.39 is 17.1 Å². The van der Waals surface area contributed by atoms with E-state index in [1.807, 2.05) is 37.3 Å². The lowest BCUT2D eigenvalue weighted by molar-refractivity contribution is -0.122. The average molecular weight is 602 g/mol. The van der Waals surface area contributed by atoms with Crippen molar-refractivity contribution in [1.29, 1.82) is 0 Å². The van der Waals surface area contributed by atoms with Crippen LogP contribution in [0.4, 0.5) is 11.4 Å². The van der Waals surface area contributed by atoms with Crippen molar-refractivity contribution >= 4 is 52.2 Å². The molecule has 3 aromatic carbocycles. The van der Waals surface area contributed by atoms with Crippen LogP contribution in [0.2, 0.25) is 0 Å². The lowest BCUT2D eigenvalue weighted by Gasteiger charge is -2.30. The van der Waals surface area contributed by atoms with E-state index >= 15 is 0 Å². The SMILES string of the molecule is COc1ccc([C@@H]2c3sc(=O)n(CC(=O)Nc4ccccc4C)c3S[C@H]3C(=O)N(c4ccc(OC)cc4)C(=O)[C@@H]23)cc1. The van der Waals surface area contributed by atoms with E-state index in [4.69, 9.17) is 9.47 Å². The Balaban J connectivity index is 1.41. The number of imide groups is 1. The maximum Gasteiger partial charge on any atom is 0.308 e. The third-order valence-electron chi connectivity index (χ3n) is 7.58. The Hall–Kier alpha value is -4.35. The minimum Gasteiger partial charge on any atom is -0.497 e. The standard InChI is InChI=1S/C31H27N3O6S2/c1-17-6-4-5-7-22(17)32-23(35)16-33-30-27(42-31(33)38)24(18-8-12-20(39-2)13-9-18)25-26(41-30)29(37)34(28(25)36)19-10-14-21(40-3)15-11-19/h4-15,24-26H,16H2,1-3H3,(H,32,35)/t24-,25-,26+/m0/s1. The monoisotopic (exact) mass is 601 g/mol. The normalized spacial score (nSPS) is 19.3. The van der Waals surface area contributed by atoms with Crippen molar-refractivity contribution in [2.24, 2.45) is 5.92 Å². The van der Waals surface area contributed by atoms with Gasteiger partial charge in [0, 0.05) is 16.5 Å². The molecule has 0 aliphatic carbocycles. The number of rotatable bonds is 7. The van der Waals surface area contributed by atoms with E-state index in [0.29, 0.717) is 32.8 Å². The van der Waals surface area contributed by atoms with Gasteiger partial charge < -0.3 is 14.8 Å². The first-order valence-corrected chi connectivity index (χ1v) is 14.9. The highest BCUT2D eigenvalue weighted by molar-refractivity contribution is 8.00. The van der Waals surface area contributed by atoms with Gasteiger partial charge in [0.05, 0.1) is 30.9 Å². The highest BCUT2D eigenvalue weighted by atomic mass is 32.2. The smallest absolute Gasteiger partial charge is 0.308 e. The average Bonchev–Trinajstić information content (AvgIpc) is 3.44. The molecule has 1 N–H and O–H groups in total. The maximum atomic E-state index is 14.0. The maximum absolute atomic E-state index is 14.0. The summed E-state index contributed by atoms with van der Waals surface area (Å²) in [6.07, 6.45) is 0. The van der Waals surface area contributed by atoms with Gasteiger partial charge >= 0.3 is 4.87 Å². The van der Waals surface area contributed by atoms with E-state index in [1.165, 1.54) is 21.2 Å². The van der Waals surface area contributed by atoms with Crippen LogP contribution in [-0.2, 0) is 20.9 Å². The van der Waals surface area contributed by atoms with Crippen LogP contribution in [0.5, 0.6) is 11.5 Å². The molecule has 0 spiro atoms. The lowest BCUT2D eigenvalue weighted by Crippen LogP contribution is -2.33. The molecule has 214 valence electrons. The summed E-state index contributed by atoms with van der Waals surface area (Å²) in [7, 11) is 3.12. The third kappa shape index (κ3) is 4.78. The number of amides is 3. The van der Waals surface area contributed by atoms with Gasteiger partial charge in [-0.15, -0.1) is 0 Å². The van der Waals surface area contributed by atoms with Gasteiger partial charge in [0.15, 0.2) is 0 Å². The molecule has 3 heterocycles. The first kappa shape index (κ1) is 27.8. The second-order valence-electron chi connectivity index (χ2n) is 10.0. The Morgan fingerprint density at radius 1 is 0.881 bits per heavy atom. The number of nitrogens with one attached hydrogen (secondary N) is 1. The third-order valence-corrected chi connectivity index (χ3v) is 10.2. The summed E-state index contributed by atoms with van der Waals surface area (Å²) < 4.78 is 12.0. The molecule has 2 aliphatic heterocycles. The zero-order valence-electron chi connectivity index (χ0n) is 23.0. The van der Waals surface area contributed by atoms with Gasteiger partial charge in [0.25, 0.3) is 0 Å². The molecule has 0 bridgehead atoms. The number of carbonyl (C=O) groups is 3. The quantitative estimate of drug-likeness (QED) is 0.307. The van der Waals surface area contributed by atoms with Crippen LogP contribution in [0, 0.1) is 12.8 Å². The predicted octanol–water partition coefficient (Wildman–Crippen LogP) is 4.67. The Labute approximate surface area is 250 Å². The summed E-state index contributed by atoms with van der Waals surface area (Å²) in [5.74, 6) is -1.10. The molecule has 1 saturated heterocycles. The molecule has 0 radical (unpaired) electrons. The zero-order valence-corrected chi connectivity index (χ0v) is 24.7. The summed E-state index contributed by atoms with van der Waals surface area (Å²) in [5.41, 5.74) is 2.79. The van der Waals surface area contributed by atoms with E-state index in [-0.39, 0.29) is 29.1 Å². The number of nitrogens with zero attached hydrogens (tertiary/aromatic N) is 2. The van der Waals surface area contributed by atoms with Gasteiger partial charge in [0.1, 0.15) is 23.3 Å². The number of benzene rings is 3. The molecular weight excluding hydrogens is 574 g/mol.